The molecule has 1 aromatic carbocycles. The number of hydrogen-bond acceptors (Lipinski definition) is 4. The van der Waals surface area contributed by atoms with E-state index < -0.39 is 0 Å². The van der Waals surface area contributed by atoms with Crippen LogP contribution in [0.15, 0.2) is 24.3 Å². The van der Waals surface area contributed by atoms with E-state index in [2.05, 4.69) is 14.7 Å². The first kappa shape index (κ1) is 11.4. The topological polar surface area (TPSA) is 37.8 Å². The lowest BCUT2D eigenvalue weighted by Crippen LogP contribution is -1.96. The Kier molecular flexibility index (Phi) is 3.74. The number of halogens is 1. The van der Waals surface area contributed by atoms with E-state index in [-0.39, 0.29) is 0 Å². The number of nitrogens with zero attached hydrogens (tertiary/aromatic N) is 2. The van der Waals surface area contributed by atoms with Crippen molar-refractivity contribution in [3.05, 3.63) is 40.7 Å². The average molecular weight is 254 g/mol. The zero-order chi connectivity index (χ0) is 11.4. The SMILES string of the molecule is CCNc1nc(Cc2cccc(Cl)c2)ns1. The van der Waals surface area contributed by atoms with Crippen LogP contribution in [-0.4, -0.2) is 15.9 Å². The maximum atomic E-state index is 5.92. The number of aromatic nitrogens is 2. The van der Waals surface area contributed by atoms with Gasteiger partial charge >= 0.3 is 0 Å². The third-order valence-electron chi connectivity index (χ3n) is 2.05. The van der Waals surface area contributed by atoms with E-state index in [4.69, 9.17) is 11.6 Å². The van der Waals surface area contributed by atoms with Crippen molar-refractivity contribution in [2.45, 2.75) is 13.3 Å². The van der Waals surface area contributed by atoms with Crippen molar-refractivity contribution in [1.82, 2.24) is 9.36 Å². The second-order valence-electron chi connectivity index (χ2n) is 3.35. The van der Waals surface area contributed by atoms with Crippen molar-refractivity contribution in [1.29, 1.82) is 0 Å². The van der Waals surface area contributed by atoms with Crippen LogP contribution in [0.5, 0.6) is 0 Å². The minimum Gasteiger partial charge on any atom is -0.361 e. The lowest BCUT2D eigenvalue weighted by Gasteiger charge is -1.97. The number of anilines is 1. The van der Waals surface area contributed by atoms with Crippen molar-refractivity contribution >= 4 is 28.3 Å². The van der Waals surface area contributed by atoms with Crippen molar-refractivity contribution in [3.8, 4) is 0 Å². The van der Waals surface area contributed by atoms with E-state index in [0.29, 0.717) is 0 Å². The third-order valence-corrected chi connectivity index (χ3v) is 2.99. The Morgan fingerprint density at radius 3 is 3.06 bits per heavy atom. The van der Waals surface area contributed by atoms with Gasteiger partial charge in [0.15, 0.2) is 0 Å². The molecular weight excluding hydrogens is 242 g/mol. The average Bonchev–Trinajstić information content (AvgIpc) is 2.66. The fourth-order valence-electron chi connectivity index (χ4n) is 1.38. The van der Waals surface area contributed by atoms with Gasteiger partial charge in [-0.3, -0.25) is 0 Å². The number of benzene rings is 1. The molecule has 1 N–H and O–H groups in total. The van der Waals surface area contributed by atoms with Crippen molar-refractivity contribution in [2.24, 2.45) is 0 Å². The Balaban J connectivity index is 2.08. The predicted octanol–water partition coefficient (Wildman–Crippen LogP) is 3.21. The fraction of sp³-hybridized carbons (Fsp3) is 0.273. The van der Waals surface area contributed by atoms with Gasteiger partial charge in [0, 0.05) is 29.5 Å². The molecule has 0 radical (unpaired) electrons. The van der Waals surface area contributed by atoms with E-state index in [0.717, 1.165) is 34.5 Å². The van der Waals surface area contributed by atoms with Crippen molar-refractivity contribution < 1.29 is 0 Å². The molecule has 2 aromatic rings. The lowest BCUT2D eigenvalue weighted by atomic mass is 10.1. The van der Waals surface area contributed by atoms with Crippen molar-refractivity contribution in [2.75, 3.05) is 11.9 Å². The highest BCUT2D eigenvalue weighted by molar-refractivity contribution is 7.09. The first-order valence-corrected chi connectivity index (χ1v) is 6.24. The van der Waals surface area contributed by atoms with Crippen LogP contribution < -0.4 is 5.32 Å². The zero-order valence-corrected chi connectivity index (χ0v) is 10.5. The van der Waals surface area contributed by atoms with Gasteiger partial charge in [-0.15, -0.1) is 0 Å². The molecule has 0 unspecified atom stereocenters. The molecule has 1 aromatic heterocycles. The first-order valence-electron chi connectivity index (χ1n) is 5.09. The molecule has 16 heavy (non-hydrogen) atoms. The normalized spacial score (nSPS) is 10.4. The molecule has 2 rings (SSSR count). The summed E-state index contributed by atoms with van der Waals surface area (Å²) in [7, 11) is 0. The molecule has 0 bridgehead atoms. The van der Waals surface area contributed by atoms with Gasteiger partial charge in [0.2, 0.25) is 5.13 Å². The molecule has 0 saturated carbocycles. The van der Waals surface area contributed by atoms with E-state index in [1.54, 1.807) is 0 Å². The Bertz CT molecular complexity index is 470. The first-order chi connectivity index (χ1) is 7.78. The molecule has 0 atom stereocenters. The van der Waals surface area contributed by atoms with Crippen molar-refractivity contribution in [3.63, 3.8) is 0 Å². The Morgan fingerprint density at radius 2 is 2.31 bits per heavy atom. The van der Waals surface area contributed by atoms with Crippen LogP contribution in [0.2, 0.25) is 5.02 Å². The number of nitrogens with one attached hydrogen (secondary N) is 1. The molecule has 0 aliphatic carbocycles. The van der Waals surface area contributed by atoms with Gasteiger partial charge < -0.3 is 5.32 Å². The van der Waals surface area contributed by atoms with Crippen LogP contribution in [0, 0.1) is 0 Å². The van der Waals surface area contributed by atoms with Gasteiger partial charge in [-0.2, -0.15) is 4.37 Å². The Labute approximate surface area is 104 Å². The van der Waals surface area contributed by atoms with E-state index in [9.17, 15) is 0 Å². The fourth-order valence-corrected chi connectivity index (χ4v) is 2.24. The molecule has 0 aliphatic heterocycles. The summed E-state index contributed by atoms with van der Waals surface area (Å²) < 4.78 is 4.28. The maximum Gasteiger partial charge on any atom is 0.202 e. The third kappa shape index (κ3) is 2.93. The standard InChI is InChI=1S/C11H12ClN3S/c1-2-13-11-14-10(15-16-11)7-8-4-3-5-9(12)6-8/h3-6H,2,7H2,1H3,(H,13,14,15). The second-order valence-corrected chi connectivity index (χ2v) is 4.54. The molecule has 3 nitrogen and oxygen atoms in total. The molecule has 5 heteroatoms. The van der Waals surface area contributed by atoms with E-state index in [1.165, 1.54) is 11.5 Å². The molecular formula is C11H12ClN3S. The molecule has 0 saturated heterocycles. The summed E-state index contributed by atoms with van der Waals surface area (Å²) in [6.07, 6.45) is 0.725. The minimum atomic E-state index is 0.725. The zero-order valence-electron chi connectivity index (χ0n) is 8.90. The monoisotopic (exact) mass is 253 g/mol. The van der Waals surface area contributed by atoms with Crippen LogP contribution in [0.3, 0.4) is 0 Å². The maximum absolute atomic E-state index is 5.92. The van der Waals surface area contributed by atoms with Crippen LogP contribution in [0.1, 0.15) is 18.3 Å². The summed E-state index contributed by atoms with van der Waals surface area (Å²) in [6.45, 7) is 2.91. The summed E-state index contributed by atoms with van der Waals surface area (Å²) >= 11 is 7.31. The number of hydrogen-bond donors (Lipinski definition) is 1. The molecule has 0 spiro atoms. The quantitative estimate of drug-likeness (QED) is 0.909. The summed E-state index contributed by atoms with van der Waals surface area (Å²) in [5.41, 5.74) is 1.13. The largest absolute Gasteiger partial charge is 0.361 e. The van der Waals surface area contributed by atoms with Gasteiger partial charge in [0.05, 0.1) is 0 Å². The lowest BCUT2D eigenvalue weighted by molar-refractivity contribution is 1.03. The van der Waals surface area contributed by atoms with Crippen LogP contribution in [0.25, 0.3) is 0 Å². The van der Waals surface area contributed by atoms with E-state index >= 15 is 0 Å². The predicted molar refractivity (Wildman–Crippen MR) is 68.3 cm³/mol. The summed E-state index contributed by atoms with van der Waals surface area (Å²) in [6, 6.07) is 7.77. The molecule has 0 amide bonds. The van der Waals surface area contributed by atoms with Crippen LogP contribution in [0.4, 0.5) is 5.13 Å². The van der Waals surface area contributed by atoms with Gasteiger partial charge in [0.1, 0.15) is 5.82 Å². The van der Waals surface area contributed by atoms with Gasteiger partial charge in [-0.1, -0.05) is 23.7 Å². The minimum absolute atomic E-state index is 0.725. The van der Waals surface area contributed by atoms with Gasteiger partial charge in [0.25, 0.3) is 0 Å². The van der Waals surface area contributed by atoms with Crippen LogP contribution >= 0.6 is 23.1 Å². The Hall–Kier alpha value is -1.13. The number of rotatable bonds is 4. The summed E-state index contributed by atoms with van der Waals surface area (Å²) in [5, 5.41) is 4.77. The second kappa shape index (κ2) is 5.27. The molecule has 0 fully saturated rings. The Morgan fingerprint density at radius 1 is 1.44 bits per heavy atom. The molecule has 0 aliphatic rings. The van der Waals surface area contributed by atoms with E-state index in [1.807, 2.05) is 31.2 Å². The van der Waals surface area contributed by atoms with Crippen LogP contribution in [-0.2, 0) is 6.42 Å². The highest BCUT2D eigenvalue weighted by Gasteiger charge is 2.04. The van der Waals surface area contributed by atoms with Gasteiger partial charge in [-0.05, 0) is 24.6 Å². The van der Waals surface area contributed by atoms with Gasteiger partial charge in [-0.25, -0.2) is 4.98 Å². The molecule has 1 heterocycles. The summed E-state index contributed by atoms with van der Waals surface area (Å²) in [5.74, 6) is 0.836. The summed E-state index contributed by atoms with van der Waals surface area (Å²) in [4.78, 5) is 4.38. The highest BCUT2D eigenvalue weighted by Crippen LogP contribution is 2.16. The highest BCUT2D eigenvalue weighted by atomic mass is 35.5. The smallest absolute Gasteiger partial charge is 0.202 e. The molecule has 84 valence electrons.